The van der Waals surface area contributed by atoms with Crippen molar-refractivity contribution in [3.8, 4) is 0 Å². The number of halogens is 1. The van der Waals surface area contributed by atoms with Gasteiger partial charge in [0.25, 0.3) is 0 Å². The fourth-order valence-electron chi connectivity index (χ4n) is 3.37. The molecule has 1 aromatic rings. The Morgan fingerprint density at radius 2 is 2.26 bits per heavy atom. The SMILES string of the molecule is COC(=O)[C@@H]1CCN([C@@H]2CCc3cc(Br)ccc32)C1. The van der Waals surface area contributed by atoms with Gasteiger partial charge in [0.05, 0.1) is 13.0 Å². The first-order valence-electron chi connectivity index (χ1n) is 6.79. The highest BCUT2D eigenvalue weighted by atomic mass is 79.9. The predicted octanol–water partition coefficient (Wildman–Crippen LogP) is 2.93. The lowest BCUT2D eigenvalue weighted by Crippen LogP contribution is -2.27. The standard InChI is InChI=1S/C15H18BrNO2/c1-19-15(18)11-6-7-17(9-11)14-5-2-10-8-12(16)3-4-13(10)14/h3-4,8,11,14H,2,5-7,9H2,1H3/t11-,14-/m1/s1. The summed E-state index contributed by atoms with van der Waals surface area (Å²) in [4.78, 5) is 14.1. The first-order chi connectivity index (χ1) is 9.19. The molecule has 19 heavy (non-hydrogen) atoms. The summed E-state index contributed by atoms with van der Waals surface area (Å²) in [7, 11) is 1.48. The minimum absolute atomic E-state index is 0.0588. The number of hydrogen-bond donors (Lipinski definition) is 0. The molecule has 2 atom stereocenters. The lowest BCUT2D eigenvalue weighted by Gasteiger charge is -2.24. The molecule has 3 rings (SSSR count). The molecule has 0 spiro atoms. The quantitative estimate of drug-likeness (QED) is 0.784. The van der Waals surface area contributed by atoms with Gasteiger partial charge in [-0.05, 0) is 49.1 Å². The Balaban J connectivity index is 1.75. The highest BCUT2D eigenvalue weighted by Gasteiger charge is 2.36. The summed E-state index contributed by atoms with van der Waals surface area (Å²) in [6, 6.07) is 7.05. The van der Waals surface area contributed by atoms with Crippen molar-refractivity contribution in [2.45, 2.75) is 25.3 Å². The van der Waals surface area contributed by atoms with Crippen LogP contribution in [0.15, 0.2) is 22.7 Å². The van der Waals surface area contributed by atoms with Crippen LogP contribution >= 0.6 is 15.9 Å². The normalized spacial score (nSPS) is 26.4. The van der Waals surface area contributed by atoms with Gasteiger partial charge in [0.1, 0.15) is 0 Å². The van der Waals surface area contributed by atoms with Gasteiger partial charge in [0.15, 0.2) is 0 Å². The maximum atomic E-state index is 11.6. The Morgan fingerprint density at radius 1 is 1.42 bits per heavy atom. The van der Waals surface area contributed by atoms with E-state index in [0.717, 1.165) is 30.4 Å². The highest BCUT2D eigenvalue weighted by Crippen LogP contribution is 2.39. The molecule has 2 aliphatic rings. The third kappa shape index (κ3) is 2.43. The van der Waals surface area contributed by atoms with Crippen LogP contribution in [0.1, 0.15) is 30.0 Å². The first-order valence-corrected chi connectivity index (χ1v) is 7.58. The number of fused-ring (bicyclic) bond motifs is 1. The van der Waals surface area contributed by atoms with E-state index in [9.17, 15) is 4.79 Å². The van der Waals surface area contributed by atoms with E-state index < -0.39 is 0 Å². The molecule has 102 valence electrons. The number of carbonyl (C=O) groups excluding carboxylic acids is 1. The predicted molar refractivity (Wildman–Crippen MR) is 76.9 cm³/mol. The van der Waals surface area contributed by atoms with Crippen LogP contribution in [0.2, 0.25) is 0 Å². The summed E-state index contributed by atoms with van der Waals surface area (Å²) in [5.74, 6) is 0.000949. The molecule has 4 heteroatoms. The lowest BCUT2D eigenvalue weighted by molar-refractivity contribution is -0.145. The Labute approximate surface area is 122 Å². The van der Waals surface area contributed by atoms with Crippen LogP contribution in [-0.4, -0.2) is 31.1 Å². The van der Waals surface area contributed by atoms with Gasteiger partial charge < -0.3 is 4.74 Å². The monoisotopic (exact) mass is 323 g/mol. The van der Waals surface area contributed by atoms with Crippen LogP contribution in [0.25, 0.3) is 0 Å². The Bertz CT molecular complexity index is 503. The Hall–Kier alpha value is -0.870. The zero-order chi connectivity index (χ0) is 13.4. The molecule has 0 radical (unpaired) electrons. The number of aryl methyl sites for hydroxylation is 1. The molecule has 0 bridgehead atoms. The van der Waals surface area contributed by atoms with E-state index in [0.29, 0.717) is 6.04 Å². The summed E-state index contributed by atoms with van der Waals surface area (Å²) in [6.45, 7) is 1.84. The number of methoxy groups -OCH3 is 1. The maximum Gasteiger partial charge on any atom is 0.310 e. The van der Waals surface area contributed by atoms with Gasteiger partial charge in [0, 0.05) is 17.1 Å². The molecule has 0 aromatic heterocycles. The molecule has 1 aliphatic carbocycles. The van der Waals surface area contributed by atoms with Gasteiger partial charge >= 0.3 is 5.97 Å². The van der Waals surface area contributed by atoms with Crippen LogP contribution in [0.4, 0.5) is 0 Å². The van der Waals surface area contributed by atoms with E-state index >= 15 is 0 Å². The minimum atomic E-state index is -0.0588. The molecule has 0 N–H and O–H groups in total. The molecule has 1 heterocycles. The number of likely N-dealkylation sites (tertiary alicyclic amines) is 1. The van der Waals surface area contributed by atoms with Crippen LogP contribution in [0.5, 0.6) is 0 Å². The number of nitrogens with zero attached hydrogens (tertiary/aromatic N) is 1. The van der Waals surface area contributed by atoms with Crippen molar-refractivity contribution < 1.29 is 9.53 Å². The average molecular weight is 324 g/mol. The lowest BCUT2D eigenvalue weighted by atomic mass is 10.1. The van der Waals surface area contributed by atoms with Crippen molar-refractivity contribution in [1.29, 1.82) is 0 Å². The molecular weight excluding hydrogens is 306 g/mol. The number of esters is 1. The molecule has 1 aliphatic heterocycles. The number of rotatable bonds is 2. The third-order valence-corrected chi connectivity index (χ3v) is 4.84. The molecule has 1 fully saturated rings. The molecule has 1 saturated heterocycles. The van der Waals surface area contributed by atoms with Gasteiger partial charge in [-0.25, -0.2) is 0 Å². The summed E-state index contributed by atoms with van der Waals surface area (Å²) in [6.07, 6.45) is 3.23. The van der Waals surface area contributed by atoms with E-state index in [1.165, 1.54) is 24.7 Å². The van der Waals surface area contributed by atoms with Crippen LogP contribution in [0, 0.1) is 5.92 Å². The smallest absolute Gasteiger partial charge is 0.310 e. The molecular formula is C15H18BrNO2. The van der Waals surface area contributed by atoms with Crippen molar-refractivity contribution in [1.82, 2.24) is 4.90 Å². The van der Waals surface area contributed by atoms with Gasteiger partial charge in [0.2, 0.25) is 0 Å². The third-order valence-electron chi connectivity index (χ3n) is 4.35. The van der Waals surface area contributed by atoms with Gasteiger partial charge in [-0.2, -0.15) is 0 Å². The van der Waals surface area contributed by atoms with Gasteiger partial charge in [-0.3, -0.25) is 9.69 Å². The van der Waals surface area contributed by atoms with Gasteiger partial charge in [-0.15, -0.1) is 0 Å². The minimum Gasteiger partial charge on any atom is -0.469 e. The zero-order valence-corrected chi connectivity index (χ0v) is 12.6. The van der Waals surface area contributed by atoms with Crippen molar-refractivity contribution in [3.05, 3.63) is 33.8 Å². The Morgan fingerprint density at radius 3 is 3.05 bits per heavy atom. The molecule has 3 nitrogen and oxygen atoms in total. The molecule has 1 aromatic carbocycles. The highest BCUT2D eigenvalue weighted by molar-refractivity contribution is 9.10. The number of benzene rings is 1. The van der Waals surface area contributed by atoms with Crippen molar-refractivity contribution >= 4 is 21.9 Å². The number of carbonyl (C=O) groups is 1. The van der Waals surface area contributed by atoms with Crippen LogP contribution in [0.3, 0.4) is 0 Å². The zero-order valence-electron chi connectivity index (χ0n) is 11.1. The fraction of sp³-hybridized carbons (Fsp3) is 0.533. The molecule has 0 saturated carbocycles. The first kappa shape index (κ1) is 13.1. The van der Waals surface area contributed by atoms with E-state index in [1.807, 2.05) is 0 Å². The average Bonchev–Trinajstić information content (AvgIpc) is 3.03. The summed E-state index contributed by atoms with van der Waals surface area (Å²) in [5.41, 5.74) is 2.88. The van der Waals surface area contributed by atoms with Crippen molar-refractivity contribution in [3.63, 3.8) is 0 Å². The summed E-state index contributed by atoms with van der Waals surface area (Å²) in [5, 5.41) is 0. The Kier molecular flexibility index (Phi) is 3.63. The second-order valence-corrected chi connectivity index (χ2v) is 6.32. The number of ether oxygens (including phenoxy) is 1. The van der Waals surface area contributed by atoms with Crippen LogP contribution in [-0.2, 0) is 16.0 Å². The van der Waals surface area contributed by atoms with Crippen molar-refractivity contribution in [2.24, 2.45) is 5.92 Å². The van der Waals surface area contributed by atoms with E-state index in [1.54, 1.807) is 0 Å². The number of hydrogen-bond acceptors (Lipinski definition) is 3. The van der Waals surface area contributed by atoms with Crippen molar-refractivity contribution in [2.75, 3.05) is 20.2 Å². The van der Waals surface area contributed by atoms with E-state index in [2.05, 4.69) is 39.0 Å². The fourth-order valence-corrected chi connectivity index (χ4v) is 3.78. The maximum absolute atomic E-state index is 11.6. The topological polar surface area (TPSA) is 29.5 Å². The van der Waals surface area contributed by atoms with Crippen LogP contribution < -0.4 is 0 Å². The van der Waals surface area contributed by atoms with E-state index in [-0.39, 0.29) is 11.9 Å². The van der Waals surface area contributed by atoms with Gasteiger partial charge in [-0.1, -0.05) is 22.0 Å². The second-order valence-electron chi connectivity index (χ2n) is 5.40. The van der Waals surface area contributed by atoms with E-state index in [4.69, 9.17) is 4.74 Å². The molecule has 0 amide bonds. The largest absolute Gasteiger partial charge is 0.469 e. The second kappa shape index (κ2) is 5.25. The molecule has 0 unspecified atom stereocenters. The summed E-state index contributed by atoms with van der Waals surface area (Å²) < 4.78 is 6.01. The summed E-state index contributed by atoms with van der Waals surface area (Å²) >= 11 is 3.53.